The minimum atomic E-state index is -3.88. The van der Waals surface area contributed by atoms with Crippen molar-refractivity contribution in [3.8, 4) is 5.75 Å². The molecule has 3 rings (SSSR count). The number of rotatable bonds is 7. The van der Waals surface area contributed by atoms with Gasteiger partial charge < -0.3 is 19.5 Å². The number of esters is 1. The van der Waals surface area contributed by atoms with E-state index in [1.807, 2.05) is 0 Å². The molecule has 1 heterocycles. The molecule has 0 bridgehead atoms. The monoisotopic (exact) mass is 454 g/mol. The van der Waals surface area contributed by atoms with Crippen molar-refractivity contribution in [2.75, 3.05) is 40.0 Å². The number of methoxy groups -OCH3 is 1. The maximum absolute atomic E-state index is 13.2. The molecule has 1 saturated heterocycles. The molecular formula is C21H30N2O7S. The van der Waals surface area contributed by atoms with Crippen LogP contribution in [0.4, 0.5) is 0 Å². The molecule has 1 aliphatic heterocycles. The zero-order valence-electron chi connectivity index (χ0n) is 18.0. The lowest BCUT2D eigenvalue weighted by molar-refractivity contribution is -0.152. The first-order valence-corrected chi connectivity index (χ1v) is 12.0. The number of hydrogen-bond donors (Lipinski definition) is 1. The van der Waals surface area contributed by atoms with Crippen molar-refractivity contribution in [3.63, 3.8) is 0 Å². The van der Waals surface area contributed by atoms with Crippen molar-refractivity contribution < 1.29 is 32.2 Å². The third kappa shape index (κ3) is 5.02. The smallest absolute Gasteiger partial charge is 0.331 e. The summed E-state index contributed by atoms with van der Waals surface area (Å²) in [7, 11) is -2.50. The standard InChI is InChI=1S/C21H30N2O7S/c1-3-30-20(25)21(9-5-4-6-10-21)22-19(24)16-7-8-17(28-2)18(15-16)31(26,27)23-11-13-29-14-12-23/h7-8,15H,3-6,9-14H2,1-2H3,(H,22,24). The molecule has 0 unspecified atom stereocenters. The number of hydrogen-bond acceptors (Lipinski definition) is 7. The fraction of sp³-hybridized carbons (Fsp3) is 0.619. The summed E-state index contributed by atoms with van der Waals surface area (Å²) in [5.41, 5.74) is -0.948. The van der Waals surface area contributed by atoms with Gasteiger partial charge in [-0.15, -0.1) is 0 Å². The highest BCUT2D eigenvalue weighted by Crippen LogP contribution is 2.32. The van der Waals surface area contributed by atoms with Crippen LogP contribution in [0.5, 0.6) is 5.75 Å². The molecule has 2 aliphatic rings. The number of ether oxygens (including phenoxy) is 3. The topological polar surface area (TPSA) is 111 Å². The fourth-order valence-electron chi connectivity index (χ4n) is 4.04. The average Bonchev–Trinajstić information content (AvgIpc) is 2.80. The molecule has 0 spiro atoms. The van der Waals surface area contributed by atoms with E-state index >= 15 is 0 Å². The Bertz CT molecular complexity index is 904. The Morgan fingerprint density at radius 2 is 1.84 bits per heavy atom. The van der Waals surface area contributed by atoms with Crippen LogP contribution in [0.1, 0.15) is 49.4 Å². The second kappa shape index (κ2) is 9.97. The van der Waals surface area contributed by atoms with Crippen LogP contribution in [-0.4, -0.2) is 70.2 Å². The molecule has 1 aromatic carbocycles. The lowest BCUT2D eigenvalue weighted by atomic mass is 9.81. The third-order valence-electron chi connectivity index (χ3n) is 5.74. The maximum Gasteiger partial charge on any atom is 0.331 e. The van der Waals surface area contributed by atoms with Gasteiger partial charge in [-0.3, -0.25) is 4.79 Å². The number of nitrogens with one attached hydrogen (secondary N) is 1. The van der Waals surface area contributed by atoms with Crippen LogP contribution in [0.25, 0.3) is 0 Å². The average molecular weight is 455 g/mol. The highest BCUT2D eigenvalue weighted by atomic mass is 32.2. The van der Waals surface area contributed by atoms with Crippen LogP contribution in [0.2, 0.25) is 0 Å². The van der Waals surface area contributed by atoms with Crippen molar-refractivity contribution in [3.05, 3.63) is 23.8 Å². The number of morpholine rings is 1. The first kappa shape index (κ1) is 23.5. The Labute approximate surface area is 183 Å². The number of amides is 1. The molecule has 1 amide bonds. The molecule has 172 valence electrons. The fourth-order valence-corrected chi connectivity index (χ4v) is 5.63. The van der Waals surface area contributed by atoms with Crippen LogP contribution in [0.15, 0.2) is 23.1 Å². The first-order chi connectivity index (χ1) is 14.8. The number of carbonyl (C=O) groups is 2. The van der Waals surface area contributed by atoms with Crippen LogP contribution < -0.4 is 10.1 Å². The van der Waals surface area contributed by atoms with Gasteiger partial charge in [-0.1, -0.05) is 19.3 Å². The van der Waals surface area contributed by atoms with E-state index < -0.39 is 27.4 Å². The summed E-state index contributed by atoms with van der Waals surface area (Å²) in [5, 5.41) is 2.85. The molecule has 9 nitrogen and oxygen atoms in total. The number of sulfonamides is 1. The molecule has 1 aliphatic carbocycles. The Kier molecular flexibility index (Phi) is 7.55. The van der Waals surface area contributed by atoms with E-state index in [4.69, 9.17) is 14.2 Å². The Balaban J connectivity index is 1.91. The number of benzene rings is 1. The summed E-state index contributed by atoms with van der Waals surface area (Å²) in [6.45, 7) is 3.03. The van der Waals surface area contributed by atoms with Gasteiger partial charge in [-0.2, -0.15) is 4.31 Å². The quantitative estimate of drug-likeness (QED) is 0.625. The van der Waals surface area contributed by atoms with Gasteiger partial charge in [0.1, 0.15) is 16.2 Å². The summed E-state index contributed by atoms with van der Waals surface area (Å²) in [5.74, 6) is -0.811. The highest BCUT2D eigenvalue weighted by molar-refractivity contribution is 7.89. The number of carbonyl (C=O) groups excluding carboxylic acids is 2. The lowest BCUT2D eigenvalue weighted by Crippen LogP contribution is -2.56. The summed E-state index contributed by atoms with van der Waals surface area (Å²) in [4.78, 5) is 25.7. The van der Waals surface area contributed by atoms with Gasteiger partial charge in [0.15, 0.2) is 0 Å². The summed E-state index contributed by atoms with van der Waals surface area (Å²) >= 11 is 0. The second-order valence-corrected chi connectivity index (χ2v) is 9.61. The molecule has 0 aromatic heterocycles. The minimum absolute atomic E-state index is 0.0848. The predicted molar refractivity (Wildman–Crippen MR) is 112 cm³/mol. The van der Waals surface area contributed by atoms with E-state index in [1.54, 1.807) is 6.92 Å². The summed E-state index contributed by atoms with van der Waals surface area (Å²) in [6.07, 6.45) is 3.58. The van der Waals surface area contributed by atoms with Crippen molar-refractivity contribution in [1.29, 1.82) is 0 Å². The molecule has 31 heavy (non-hydrogen) atoms. The zero-order chi connectivity index (χ0) is 22.5. The normalized spacial score (nSPS) is 19.4. The zero-order valence-corrected chi connectivity index (χ0v) is 18.8. The SMILES string of the molecule is CCOC(=O)C1(NC(=O)c2ccc(OC)c(S(=O)(=O)N3CCOCC3)c2)CCCCC1. The Hall–Kier alpha value is -2.17. The second-order valence-electron chi connectivity index (χ2n) is 7.70. The van der Waals surface area contributed by atoms with Crippen molar-refractivity contribution in [1.82, 2.24) is 9.62 Å². The third-order valence-corrected chi connectivity index (χ3v) is 7.66. The summed E-state index contributed by atoms with van der Waals surface area (Å²) < 4.78 is 43.4. The molecule has 0 atom stereocenters. The van der Waals surface area contributed by atoms with E-state index in [1.165, 1.54) is 29.6 Å². The number of nitrogens with zero attached hydrogens (tertiary/aromatic N) is 1. The van der Waals surface area contributed by atoms with E-state index in [-0.39, 0.29) is 35.9 Å². The van der Waals surface area contributed by atoms with Crippen LogP contribution >= 0.6 is 0 Å². The van der Waals surface area contributed by atoms with E-state index in [9.17, 15) is 18.0 Å². The molecule has 1 N–H and O–H groups in total. The highest BCUT2D eigenvalue weighted by Gasteiger charge is 2.42. The van der Waals surface area contributed by atoms with Gasteiger partial charge in [0.25, 0.3) is 5.91 Å². The first-order valence-electron chi connectivity index (χ1n) is 10.6. The van der Waals surface area contributed by atoms with Crippen LogP contribution in [0, 0.1) is 0 Å². The van der Waals surface area contributed by atoms with Gasteiger partial charge >= 0.3 is 5.97 Å². The van der Waals surface area contributed by atoms with E-state index in [2.05, 4.69) is 5.32 Å². The lowest BCUT2D eigenvalue weighted by Gasteiger charge is -2.35. The van der Waals surface area contributed by atoms with E-state index in [0.717, 1.165) is 19.3 Å². The van der Waals surface area contributed by atoms with Gasteiger partial charge in [-0.25, -0.2) is 13.2 Å². The van der Waals surface area contributed by atoms with Gasteiger partial charge in [-0.05, 0) is 38.0 Å². The van der Waals surface area contributed by atoms with Gasteiger partial charge in [0.2, 0.25) is 10.0 Å². The van der Waals surface area contributed by atoms with Gasteiger partial charge in [0, 0.05) is 18.7 Å². The molecule has 2 fully saturated rings. The van der Waals surface area contributed by atoms with Crippen LogP contribution in [-0.2, 0) is 24.3 Å². The van der Waals surface area contributed by atoms with E-state index in [0.29, 0.717) is 26.1 Å². The minimum Gasteiger partial charge on any atom is -0.495 e. The van der Waals surface area contributed by atoms with Crippen molar-refractivity contribution in [2.24, 2.45) is 0 Å². The molecule has 0 radical (unpaired) electrons. The molecule has 1 saturated carbocycles. The maximum atomic E-state index is 13.2. The molecule has 10 heteroatoms. The molecular weight excluding hydrogens is 424 g/mol. The van der Waals surface area contributed by atoms with Crippen molar-refractivity contribution >= 4 is 21.9 Å². The van der Waals surface area contributed by atoms with Crippen molar-refractivity contribution in [2.45, 2.75) is 49.5 Å². The largest absolute Gasteiger partial charge is 0.495 e. The van der Waals surface area contributed by atoms with Gasteiger partial charge in [0.05, 0.1) is 26.9 Å². The molecule has 1 aromatic rings. The predicted octanol–water partition coefficient (Wildman–Crippen LogP) is 1.71. The van der Waals surface area contributed by atoms with Crippen LogP contribution in [0.3, 0.4) is 0 Å². The summed E-state index contributed by atoms with van der Waals surface area (Å²) in [6, 6.07) is 4.26. The Morgan fingerprint density at radius 3 is 2.45 bits per heavy atom. The Morgan fingerprint density at radius 1 is 1.16 bits per heavy atom.